The van der Waals surface area contributed by atoms with Crippen molar-refractivity contribution in [2.24, 2.45) is 0 Å². The zero-order valence-corrected chi connectivity index (χ0v) is 14.5. The molecule has 2 aliphatic rings. The summed E-state index contributed by atoms with van der Waals surface area (Å²) in [6.07, 6.45) is 4.57. The fraction of sp³-hybridized carbons (Fsp3) is 0.579. The van der Waals surface area contributed by atoms with Crippen molar-refractivity contribution in [2.45, 2.75) is 45.1 Å². The summed E-state index contributed by atoms with van der Waals surface area (Å²) in [6.45, 7) is 5.93. The minimum atomic E-state index is -0.401. The summed E-state index contributed by atoms with van der Waals surface area (Å²) in [7, 11) is 0. The maximum atomic E-state index is 12.6. The second-order valence-electron chi connectivity index (χ2n) is 6.66. The Hall–Kier alpha value is -1.88. The molecule has 1 aromatic carbocycles. The Morgan fingerprint density at radius 1 is 1.21 bits per heavy atom. The Kier molecular flexibility index (Phi) is 5.51. The van der Waals surface area contributed by atoms with Crippen LogP contribution in [0.2, 0.25) is 0 Å². The highest BCUT2D eigenvalue weighted by Crippen LogP contribution is 2.32. The van der Waals surface area contributed by atoms with Crippen LogP contribution >= 0.6 is 0 Å². The fourth-order valence-electron chi connectivity index (χ4n) is 3.71. The Bertz CT molecular complexity index is 596. The fourth-order valence-corrected chi connectivity index (χ4v) is 3.71. The van der Waals surface area contributed by atoms with E-state index in [4.69, 9.17) is 0 Å². The van der Waals surface area contributed by atoms with Crippen molar-refractivity contribution in [1.29, 1.82) is 0 Å². The summed E-state index contributed by atoms with van der Waals surface area (Å²) in [5, 5.41) is 3.03. The first-order valence-corrected chi connectivity index (χ1v) is 9.10. The van der Waals surface area contributed by atoms with E-state index in [0.29, 0.717) is 19.4 Å². The van der Waals surface area contributed by atoms with Gasteiger partial charge in [-0.25, -0.2) is 0 Å². The summed E-state index contributed by atoms with van der Waals surface area (Å²) in [5.41, 5.74) is 1.97. The van der Waals surface area contributed by atoms with Crippen molar-refractivity contribution in [3.05, 3.63) is 29.8 Å². The zero-order chi connectivity index (χ0) is 16.9. The van der Waals surface area contributed by atoms with E-state index >= 15 is 0 Å². The van der Waals surface area contributed by atoms with Crippen molar-refractivity contribution in [2.75, 3.05) is 31.1 Å². The van der Waals surface area contributed by atoms with E-state index < -0.39 is 6.04 Å². The van der Waals surface area contributed by atoms with Crippen LogP contribution in [0.1, 0.15) is 38.2 Å². The minimum absolute atomic E-state index is 0.0113. The first-order valence-electron chi connectivity index (χ1n) is 9.10. The van der Waals surface area contributed by atoms with Gasteiger partial charge in [-0.1, -0.05) is 25.1 Å². The average Bonchev–Trinajstić information content (AvgIpc) is 3.25. The molecule has 24 heavy (non-hydrogen) atoms. The van der Waals surface area contributed by atoms with Crippen LogP contribution in [0.15, 0.2) is 24.3 Å². The van der Waals surface area contributed by atoms with Crippen molar-refractivity contribution in [3.8, 4) is 0 Å². The number of fused-ring (bicyclic) bond motifs is 1. The van der Waals surface area contributed by atoms with Crippen LogP contribution in [-0.2, 0) is 16.0 Å². The minimum Gasteiger partial charge on any atom is -0.354 e. The van der Waals surface area contributed by atoms with Crippen LogP contribution in [0.5, 0.6) is 0 Å². The Labute approximate surface area is 144 Å². The molecule has 3 rings (SSSR count). The van der Waals surface area contributed by atoms with Gasteiger partial charge in [0, 0.05) is 25.1 Å². The lowest BCUT2D eigenvalue weighted by atomic mass is 10.1. The SMILES string of the molecule is CCC(=O)N1c2ccccc2CC1C(=O)NCCCN1CCCC1. The van der Waals surface area contributed by atoms with Crippen molar-refractivity contribution in [3.63, 3.8) is 0 Å². The molecule has 1 atom stereocenters. The third-order valence-electron chi connectivity index (χ3n) is 5.00. The van der Waals surface area contributed by atoms with Gasteiger partial charge in [-0.05, 0) is 50.5 Å². The van der Waals surface area contributed by atoms with Crippen molar-refractivity contribution in [1.82, 2.24) is 10.2 Å². The van der Waals surface area contributed by atoms with Crippen LogP contribution in [-0.4, -0.2) is 48.9 Å². The van der Waals surface area contributed by atoms with Gasteiger partial charge in [-0.2, -0.15) is 0 Å². The van der Waals surface area contributed by atoms with Crippen molar-refractivity contribution < 1.29 is 9.59 Å². The molecule has 0 bridgehead atoms. The van der Waals surface area contributed by atoms with Gasteiger partial charge >= 0.3 is 0 Å². The van der Waals surface area contributed by atoms with E-state index in [1.807, 2.05) is 31.2 Å². The topological polar surface area (TPSA) is 52.7 Å². The molecule has 0 saturated carbocycles. The molecule has 0 aromatic heterocycles. The molecule has 5 heteroatoms. The molecule has 1 unspecified atom stereocenters. The third kappa shape index (κ3) is 3.61. The first kappa shape index (κ1) is 17.0. The second-order valence-corrected chi connectivity index (χ2v) is 6.66. The molecule has 0 radical (unpaired) electrons. The number of para-hydroxylation sites is 1. The number of nitrogens with zero attached hydrogens (tertiary/aromatic N) is 2. The van der Waals surface area contributed by atoms with Gasteiger partial charge in [0.05, 0.1) is 0 Å². The molecule has 130 valence electrons. The molecule has 0 aliphatic carbocycles. The lowest BCUT2D eigenvalue weighted by molar-refractivity contribution is -0.126. The number of likely N-dealkylation sites (tertiary alicyclic amines) is 1. The van der Waals surface area contributed by atoms with Gasteiger partial charge in [0.15, 0.2) is 0 Å². The average molecular weight is 329 g/mol. The molecule has 2 heterocycles. The van der Waals surface area contributed by atoms with Crippen molar-refractivity contribution >= 4 is 17.5 Å². The molecule has 1 N–H and O–H groups in total. The molecule has 1 aromatic rings. The number of carbonyl (C=O) groups excluding carboxylic acids is 2. The highest BCUT2D eigenvalue weighted by Gasteiger charge is 2.37. The molecular formula is C19H27N3O2. The largest absolute Gasteiger partial charge is 0.354 e. The van der Waals surface area contributed by atoms with Crippen LogP contribution in [0, 0.1) is 0 Å². The van der Waals surface area contributed by atoms with E-state index in [-0.39, 0.29) is 11.8 Å². The number of hydrogen-bond acceptors (Lipinski definition) is 3. The molecule has 1 saturated heterocycles. The van der Waals surface area contributed by atoms with E-state index in [2.05, 4.69) is 10.2 Å². The third-order valence-corrected chi connectivity index (χ3v) is 5.00. The Morgan fingerprint density at radius 2 is 1.96 bits per heavy atom. The monoisotopic (exact) mass is 329 g/mol. The number of benzene rings is 1. The summed E-state index contributed by atoms with van der Waals surface area (Å²) < 4.78 is 0. The van der Waals surface area contributed by atoms with Gasteiger partial charge in [0.1, 0.15) is 6.04 Å². The Balaban J connectivity index is 1.56. The predicted molar refractivity (Wildman–Crippen MR) is 95.0 cm³/mol. The van der Waals surface area contributed by atoms with E-state index in [1.54, 1.807) is 4.90 Å². The maximum Gasteiger partial charge on any atom is 0.243 e. The maximum absolute atomic E-state index is 12.6. The molecule has 5 nitrogen and oxygen atoms in total. The lowest BCUT2D eigenvalue weighted by Crippen LogP contribution is -2.48. The van der Waals surface area contributed by atoms with Gasteiger partial charge in [0.2, 0.25) is 11.8 Å². The smallest absolute Gasteiger partial charge is 0.243 e. The number of amides is 2. The first-order chi connectivity index (χ1) is 11.7. The highest BCUT2D eigenvalue weighted by molar-refractivity contribution is 6.03. The van der Waals surface area contributed by atoms with Crippen LogP contribution in [0.3, 0.4) is 0 Å². The number of nitrogens with one attached hydrogen (secondary N) is 1. The Morgan fingerprint density at radius 3 is 2.71 bits per heavy atom. The molecule has 2 aliphatic heterocycles. The summed E-state index contributed by atoms with van der Waals surface area (Å²) in [6, 6.07) is 7.42. The van der Waals surface area contributed by atoms with Gasteiger partial charge in [-0.3, -0.25) is 14.5 Å². The molecule has 0 spiro atoms. The predicted octanol–water partition coefficient (Wildman–Crippen LogP) is 1.96. The number of carbonyl (C=O) groups is 2. The van der Waals surface area contributed by atoms with Gasteiger partial charge in [-0.15, -0.1) is 0 Å². The second kappa shape index (κ2) is 7.79. The summed E-state index contributed by atoms with van der Waals surface area (Å²) in [5.74, 6) is -0.0217. The molecule has 2 amide bonds. The zero-order valence-electron chi connectivity index (χ0n) is 14.5. The molecular weight excluding hydrogens is 302 g/mol. The van der Waals surface area contributed by atoms with Crippen LogP contribution in [0.25, 0.3) is 0 Å². The summed E-state index contributed by atoms with van der Waals surface area (Å²) in [4.78, 5) is 29.1. The van der Waals surface area contributed by atoms with E-state index in [1.165, 1.54) is 25.9 Å². The normalized spacial score (nSPS) is 20.2. The van der Waals surface area contributed by atoms with Gasteiger partial charge < -0.3 is 10.2 Å². The van der Waals surface area contributed by atoms with E-state index in [9.17, 15) is 9.59 Å². The quantitative estimate of drug-likeness (QED) is 0.812. The van der Waals surface area contributed by atoms with E-state index in [0.717, 1.165) is 24.2 Å². The summed E-state index contributed by atoms with van der Waals surface area (Å²) >= 11 is 0. The van der Waals surface area contributed by atoms with Crippen LogP contribution < -0.4 is 10.2 Å². The number of rotatable bonds is 6. The lowest BCUT2D eigenvalue weighted by Gasteiger charge is -2.24. The van der Waals surface area contributed by atoms with Gasteiger partial charge in [0.25, 0.3) is 0 Å². The number of hydrogen-bond donors (Lipinski definition) is 1. The highest BCUT2D eigenvalue weighted by atomic mass is 16.2. The standard InChI is InChI=1S/C19H27N3O2/c1-2-18(23)22-16-9-4-3-8-15(16)14-17(22)19(24)20-10-7-13-21-11-5-6-12-21/h3-4,8-9,17H,2,5-7,10-14H2,1H3,(H,20,24). The van der Waals surface area contributed by atoms with Crippen LogP contribution in [0.4, 0.5) is 5.69 Å². The number of anilines is 1. The molecule has 1 fully saturated rings.